The minimum absolute atomic E-state index is 0.221. The summed E-state index contributed by atoms with van der Waals surface area (Å²) >= 11 is 0. The molecular weight excluding hydrogens is 532 g/mol. The van der Waals surface area contributed by atoms with Crippen molar-refractivity contribution in [3.63, 3.8) is 0 Å². The third-order valence-electron chi connectivity index (χ3n) is 7.54. The standard InChI is InChI=1S/C33H32N4O5/c1-40-25-8-10-26(28(20-25)32(34)38)22-3-9-27-30(19-22)35-29-11-2-21(18-31(29)36-33(27)39)12-15-42-24-6-4-23(5-7-24)37-13-16-41-17-14-37/h2-11,18-20,35H,12-17H2,1H3,(H2,34,38)(H,36,39). The fourth-order valence-electron chi connectivity index (χ4n) is 5.27. The smallest absolute Gasteiger partial charge is 0.257 e. The molecule has 0 aromatic heterocycles. The molecule has 42 heavy (non-hydrogen) atoms. The van der Waals surface area contributed by atoms with Crippen LogP contribution in [-0.2, 0) is 11.2 Å². The van der Waals surface area contributed by atoms with Crippen molar-refractivity contribution in [3.05, 3.63) is 95.6 Å². The number of anilines is 4. The molecule has 1 fully saturated rings. The quantitative estimate of drug-likeness (QED) is 0.269. The van der Waals surface area contributed by atoms with Crippen LogP contribution in [0, 0.1) is 0 Å². The Labute approximate surface area is 244 Å². The van der Waals surface area contributed by atoms with E-state index in [1.54, 1.807) is 30.3 Å². The van der Waals surface area contributed by atoms with Crippen molar-refractivity contribution in [1.82, 2.24) is 0 Å². The highest BCUT2D eigenvalue weighted by Gasteiger charge is 2.21. The highest BCUT2D eigenvalue weighted by Crippen LogP contribution is 2.36. The molecule has 6 rings (SSSR count). The molecule has 0 spiro atoms. The molecule has 0 atom stereocenters. The van der Waals surface area contributed by atoms with Gasteiger partial charge in [0.25, 0.3) is 5.91 Å². The van der Waals surface area contributed by atoms with E-state index in [0.717, 1.165) is 48.9 Å². The van der Waals surface area contributed by atoms with Crippen molar-refractivity contribution in [2.24, 2.45) is 5.73 Å². The Bertz CT molecular complexity index is 1630. The number of methoxy groups -OCH3 is 1. The number of hydrogen-bond acceptors (Lipinski definition) is 7. The van der Waals surface area contributed by atoms with E-state index in [2.05, 4.69) is 27.7 Å². The molecule has 2 amide bonds. The molecule has 0 unspecified atom stereocenters. The summed E-state index contributed by atoms with van der Waals surface area (Å²) in [5, 5.41) is 6.41. The predicted molar refractivity (Wildman–Crippen MR) is 163 cm³/mol. The average molecular weight is 565 g/mol. The number of nitrogens with one attached hydrogen (secondary N) is 2. The van der Waals surface area contributed by atoms with Crippen molar-refractivity contribution in [1.29, 1.82) is 0 Å². The van der Waals surface area contributed by atoms with E-state index in [1.807, 2.05) is 36.4 Å². The Morgan fingerprint density at radius 1 is 0.857 bits per heavy atom. The zero-order valence-corrected chi connectivity index (χ0v) is 23.3. The van der Waals surface area contributed by atoms with E-state index in [1.165, 1.54) is 12.8 Å². The van der Waals surface area contributed by atoms with Crippen LogP contribution >= 0.6 is 0 Å². The molecule has 0 aliphatic carbocycles. The van der Waals surface area contributed by atoms with Gasteiger partial charge in [-0.3, -0.25) is 9.59 Å². The summed E-state index contributed by atoms with van der Waals surface area (Å²) in [4.78, 5) is 27.6. The summed E-state index contributed by atoms with van der Waals surface area (Å²) in [7, 11) is 1.53. The highest BCUT2D eigenvalue weighted by molar-refractivity contribution is 6.13. The number of hydrogen-bond donors (Lipinski definition) is 3. The van der Waals surface area contributed by atoms with Gasteiger partial charge >= 0.3 is 0 Å². The number of ether oxygens (including phenoxy) is 3. The Balaban J connectivity index is 1.15. The lowest BCUT2D eigenvalue weighted by Gasteiger charge is -2.28. The van der Waals surface area contributed by atoms with E-state index in [4.69, 9.17) is 19.9 Å². The lowest BCUT2D eigenvalue weighted by atomic mass is 9.96. The summed E-state index contributed by atoms with van der Waals surface area (Å²) < 4.78 is 16.7. The van der Waals surface area contributed by atoms with Crippen LogP contribution in [0.4, 0.5) is 22.7 Å². The lowest BCUT2D eigenvalue weighted by Crippen LogP contribution is -2.36. The maximum atomic E-state index is 13.2. The molecule has 9 nitrogen and oxygen atoms in total. The zero-order chi connectivity index (χ0) is 29.1. The maximum Gasteiger partial charge on any atom is 0.257 e. The molecule has 2 heterocycles. The Kier molecular flexibility index (Phi) is 7.66. The predicted octanol–water partition coefficient (Wildman–Crippen LogP) is 5.23. The first-order valence-electron chi connectivity index (χ1n) is 13.9. The normalized spacial score (nSPS) is 14.1. The van der Waals surface area contributed by atoms with Crippen molar-refractivity contribution >= 4 is 34.6 Å². The number of morpholine rings is 1. The molecule has 0 saturated carbocycles. The molecule has 9 heteroatoms. The topological polar surface area (TPSA) is 115 Å². The van der Waals surface area contributed by atoms with Gasteiger partial charge in [0.15, 0.2) is 0 Å². The number of fused-ring (bicyclic) bond motifs is 2. The van der Waals surface area contributed by atoms with Gasteiger partial charge in [-0.05, 0) is 83.4 Å². The van der Waals surface area contributed by atoms with Crippen molar-refractivity contribution in [3.8, 4) is 22.6 Å². The van der Waals surface area contributed by atoms with Crippen LogP contribution in [0.3, 0.4) is 0 Å². The molecule has 4 aromatic carbocycles. The van der Waals surface area contributed by atoms with Gasteiger partial charge in [0.1, 0.15) is 11.5 Å². The minimum Gasteiger partial charge on any atom is -0.497 e. The van der Waals surface area contributed by atoms with Crippen LogP contribution < -0.4 is 30.7 Å². The number of rotatable bonds is 8. The first-order valence-corrected chi connectivity index (χ1v) is 13.9. The van der Waals surface area contributed by atoms with Gasteiger partial charge in [-0.15, -0.1) is 0 Å². The molecular formula is C33H32N4O5. The van der Waals surface area contributed by atoms with E-state index in [0.29, 0.717) is 46.8 Å². The number of benzene rings is 4. The molecule has 1 saturated heterocycles. The van der Waals surface area contributed by atoms with Crippen LogP contribution in [-0.4, -0.2) is 51.8 Å². The van der Waals surface area contributed by atoms with E-state index >= 15 is 0 Å². The van der Waals surface area contributed by atoms with E-state index in [-0.39, 0.29) is 5.91 Å². The molecule has 0 bridgehead atoms. The molecule has 214 valence electrons. The average Bonchev–Trinajstić information content (AvgIpc) is 3.16. The summed E-state index contributed by atoms with van der Waals surface area (Å²) in [6.07, 6.45) is 0.679. The lowest BCUT2D eigenvalue weighted by molar-refractivity contribution is 0.0997. The third-order valence-corrected chi connectivity index (χ3v) is 7.54. The second kappa shape index (κ2) is 11.8. The molecule has 4 aromatic rings. The van der Waals surface area contributed by atoms with Gasteiger partial charge in [-0.25, -0.2) is 0 Å². The van der Waals surface area contributed by atoms with Gasteiger partial charge in [-0.1, -0.05) is 12.1 Å². The molecule has 4 N–H and O–H groups in total. The van der Waals surface area contributed by atoms with Crippen LogP contribution in [0.1, 0.15) is 26.3 Å². The van der Waals surface area contributed by atoms with Gasteiger partial charge in [0, 0.05) is 25.2 Å². The number of amides is 2. The monoisotopic (exact) mass is 564 g/mol. The van der Waals surface area contributed by atoms with Gasteiger partial charge in [0.2, 0.25) is 5.91 Å². The summed E-state index contributed by atoms with van der Waals surface area (Å²) in [6, 6.07) is 24.7. The Hall–Kier alpha value is -5.02. The number of nitrogens with zero attached hydrogens (tertiary/aromatic N) is 1. The number of nitrogens with two attached hydrogens (primary N) is 1. The van der Waals surface area contributed by atoms with Crippen molar-refractivity contribution in [2.45, 2.75) is 6.42 Å². The minimum atomic E-state index is -0.559. The van der Waals surface area contributed by atoms with Gasteiger partial charge in [0.05, 0.1) is 55.1 Å². The van der Waals surface area contributed by atoms with Crippen molar-refractivity contribution in [2.75, 3.05) is 55.6 Å². The van der Waals surface area contributed by atoms with Crippen LogP contribution in [0.15, 0.2) is 78.9 Å². The fourth-order valence-corrected chi connectivity index (χ4v) is 5.27. The molecule has 0 radical (unpaired) electrons. The zero-order valence-electron chi connectivity index (χ0n) is 23.3. The van der Waals surface area contributed by atoms with Crippen molar-refractivity contribution < 1.29 is 23.8 Å². The van der Waals surface area contributed by atoms with Crippen LogP contribution in [0.2, 0.25) is 0 Å². The highest BCUT2D eigenvalue weighted by atomic mass is 16.5. The van der Waals surface area contributed by atoms with Crippen LogP contribution in [0.5, 0.6) is 11.5 Å². The summed E-state index contributed by atoms with van der Waals surface area (Å²) in [6.45, 7) is 3.81. The number of primary amides is 1. The van der Waals surface area contributed by atoms with Crippen LogP contribution in [0.25, 0.3) is 11.1 Å². The second-order valence-electron chi connectivity index (χ2n) is 10.2. The van der Waals surface area contributed by atoms with Gasteiger partial charge < -0.3 is 35.5 Å². The summed E-state index contributed by atoms with van der Waals surface area (Å²) in [5.74, 6) is 0.578. The fraction of sp³-hybridized carbons (Fsp3) is 0.212. The Morgan fingerprint density at radius 2 is 1.62 bits per heavy atom. The van der Waals surface area contributed by atoms with E-state index in [9.17, 15) is 9.59 Å². The third kappa shape index (κ3) is 5.73. The maximum absolute atomic E-state index is 13.2. The van der Waals surface area contributed by atoms with Gasteiger partial charge in [-0.2, -0.15) is 0 Å². The SMILES string of the molecule is COc1ccc(-c2ccc3c(c2)Nc2ccc(CCOc4ccc(N5CCOCC5)cc4)cc2NC3=O)c(C(N)=O)c1. The largest absolute Gasteiger partial charge is 0.497 e. The van der Waals surface area contributed by atoms with E-state index < -0.39 is 5.91 Å². The number of carbonyl (C=O) groups excluding carboxylic acids is 2. The first-order chi connectivity index (χ1) is 20.5. The Morgan fingerprint density at radius 3 is 2.38 bits per heavy atom. The molecule has 2 aliphatic rings. The first kappa shape index (κ1) is 27.2. The molecule has 2 aliphatic heterocycles. The number of carbonyl (C=O) groups is 2. The summed E-state index contributed by atoms with van der Waals surface area (Å²) in [5.41, 5.74) is 12.2. The second-order valence-corrected chi connectivity index (χ2v) is 10.2.